The van der Waals surface area contributed by atoms with Gasteiger partial charge in [0.15, 0.2) is 0 Å². The summed E-state index contributed by atoms with van der Waals surface area (Å²) < 4.78 is 15.4. The summed E-state index contributed by atoms with van der Waals surface area (Å²) in [5.41, 5.74) is 0.615. The van der Waals surface area contributed by atoms with Crippen LogP contribution in [-0.4, -0.2) is 52.8 Å². The van der Waals surface area contributed by atoms with E-state index in [4.69, 9.17) is 14.2 Å². The van der Waals surface area contributed by atoms with Gasteiger partial charge in [-0.15, -0.1) is 0 Å². The number of carbonyl (C=O) groups excluding carboxylic acids is 2. The number of anilines is 1. The number of nitrogens with zero attached hydrogens (tertiary/aromatic N) is 1. The van der Waals surface area contributed by atoms with Crippen molar-refractivity contribution in [1.29, 1.82) is 0 Å². The lowest BCUT2D eigenvalue weighted by Crippen LogP contribution is -2.34. The highest BCUT2D eigenvalue weighted by molar-refractivity contribution is 6.01. The Hall–Kier alpha value is -2.28. The van der Waals surface area contributed by atoms with Gasteiger partial charge in [0.25, 0.3) is 0 Å². The Labute approximate surface area is 135 Å². The maximum absolute atomic E-state index is 12.3. The molecule has 1 atom stereocenters. The molecule has 7 nitrogen and oxygen atoms in total. The normalized spacial score (nSPS) is 17.3. The van der Waals surface area contributed by atoms with Crippen molar-refractivity contribution in [3.63, 3.8) is 0 Å². The topological polar surface area (TPSA) is 77.1 Å². The van der Waals surface area contributed by atoms with E-state index in [0.717, 1.165) is 0 Å². The van der Waals surface area contributed by atoms with Crippen molar-refractivity contribution in [2.45, 2.75) is 6.42 Å². The lowest BCUT2D eigenvalue weighted by Gasteiger charge is -2.20. The van der Waals surface area contributed by atoms with Crippen LogP contribution in [0.4, 0.5) is 5.69 Å². The molecule has 7 heteroatoms. The van der Waals surface area contributed by atoms with Gasteiger partial charge in [0.05, 0.1) is 32.4 Å². The molecule has 1 aliphatic rings. The second-order valence-corrected chi connectivity index (χ2v) is 5.23. The minimum absolute atomic E-state index is 0.108. The highest BCUT2D eigenvalue weighted by Gasteiger charge is 2.36. The van der Waals surface area contributed by atoms with E-state index < -0.39 is 0 Å². The Kier molecular flexibility index (Phi) is 5.81. The van der Waals surface area contributed by atoms with Crippen LogP contribution in [0.2, 0.25) is 0 Å². The summed E-state index contributed by atoms with van der Waals surface area (Å²) in [4.78, 5) is 26.0. The van der Waals surface area contributed by atoms with Crippen LogP contribution in [0.3, 0.4) is 0 Å². The number of ether oxygens (including phenoxy) is 3. The summed E-state index contributed by atoms with van der Waals surface area (Å²) >= 11 is 0. The summed E-state index contributed by atoms with van der Waals surface area (Å²) in [6.07, 6.45) is 0.180. The maximum Gasteiger partial charge on any atom is 0.227 e. The van der Waals surface area contributed by atoms with Crippen molar-refractivity contribution in [2.75, 3.05) is 45.9 Å². The van der Waals surface area contributed by atoms with E-state index in [9.17, 15) is 9.59 Å². The van der Waals surface area contributed by atoms with Crippen LogP contribution in [0.25, 0.3) is 0 Å². The monoisotopic (exact) mass is 322 g/mol. The van der Waals surface area contributed by atoms with E-state index in [1.165, 1.54) is 0 Å². The Morgan fingerprint density at radius 1 is 1.30 bits per heavy atom. The molecule has 126 valence electrons. The molecule has 2 amide bonds. The molecule has 0 unspecified atom stereocenters. The molecule has 1 heterocycles. The zero-order valence-electron chi connectivity index (χ0n) is 13.6. The number of methoxy groups -OCH3 is 3. The molecule has 1 aromatic rings. The molecule has 0 aromatic heterocycles. The summed E-state index contributed by atoms with van der Waals surface area (Å²) in [6, 6.07) is 5.24. The second-order valence-electron chi connectivity index (χ2n) is 5.23. The molecule has 1 aromatic carbocycles. The minimum Gasteiger partial charge on any atom is -0.497 e. The molecule has 1 aliphatic heterocycles. The van der Waals surface area contributed by atoms with Gasteiger partial charge in [0.2, 0.25) is 11.8 Å². The minimum atomic E-state index is -0.379. The average Bonchev–Trinajstić information content (AvgIpc) is 2.96. The third-order valence-electron chi connectivity index (χ3n) is 3.78. The number of rotatable bonds is 7. The highest BCUT2D eigenvalue weighted by atomic mass is 16.5. The zero-order chi connectivity index (χ0) is 16.8. The quantitative estimate of drug-likeness (QED) is 0.752. The van der Waals surface area contributed by atoms with Crippen molar-refractivity contribution in [1.82, 2.24) is 5.32 Å². The van der Waals surface area contributed by atoms with Crippen LogP contribution in [0, 0.1) is 5.92 Å². The number of hydrogen-bond donors (Lipinski definition) is 1. The highest BCUT2D eigenvalue weighted by Crippen LogP contribution is 2.35. The molecular formula is C16H22N2O5. The molecule has 0 radical (unpaired) electrons. The van der Waals surface area contributed by atoms with E-state index in [-0.39, 0.29) is 24.2 Å². The second kappa shape index (κ2) is 7.82. The first-order chi connectivity index (χ1) is 11.1. The van der Waals surface area contributed by atoms with Crippen LogP contribution in [0.1, 0.15) is 6.42 Å². The van der Waals surface area contributed by atoms with E-state index >= 15 is 0 Å². The molecular weight excluding hydrogens is 300 g/mol. The van der Waals surface area contributed by atoms with E-state index in [0.29, 0.717) is 36.9 Å². The first-order valence-corrected chi connectivity index (χ1v) is 7.39. The predicted octanol–water partition coefficient (Wildman–Crippen LogP) is 0.819. The van der Waals surface area contributed by atoms with Gasteiger partial charge in [-0.05, 0) is 12.1 Å². The maximum atomic E-state index is 12.3. The number of benzene rings is 1. The van der Waals surface area contributed by atoms with Crippen molar-refractivity contribution in [2.24, 2.45) is 5.92 Å². The third kappa shape index (κ3) is 3.92. The fourth-order valence-corrected chi connectivity index (χ4v) is 2.54. The molecule has 1 N–H and O–H groups in total. The molecule has 1 saturated heterocycles. The summed E-state index contributed by atoms with van der Waals surface area (Å²) in [5, 5.41) is 2.77. The summed E-state index contributed by atoms with van der Waals surface area (Å²) in [6.45, 7) is 1.20. The van der Waals surface area contributed by atoms with Crippen LogP contribution in [0.15, 0.2) is 18.2 Å². The molecule has 2 rings (SSSR count). The first kappa shape index (κ1) is 17.1. The fourth-order valence-electron chi connectivity index (χ4n) is 2.54. The van der Waals surface area contributed by atoms with Gasteiger partial charge in [0, 0.05) is 32.7 Å². The lowest BCUT2D eigenvalue weighted by atomic mass is 10.1. The van der Waals surface area contributed by atoms with Crippen LogP contribution >= 0.6 is 0 Å². The number of nitrogens with one attached hydrogen (secondary N) is 1. The molecule has 0 bridgehead atoms. The van der Waals surface area contributed by atoms with Gasteiger partial charge >= 0.3 is 0 Å². The van der Waals surface area contributed by atoms with Crippen molar-refractivity contribution < 1.29 is 23.8 Å². The van der Waals surface area contributed by atoms with Gasteiger partial charge in [-0.2, -0.15) is 0 Å². The Bertz CT molecular complexity index is 576. The predicted molar refractivity (Wildman–Crippen MR) is 84.9 cm³/mol. The van der Waals surface area contributed by atoms with E-state index in [1.807, 2.05) is 0 Å². The molecule has 1 fully saturated rings. The van der Waals surface area contributed by atoms with Crippen LogP contribution in [0.5, 0.6) is 11.5 Å². The first-order valence-electron chi connectivity index (χ1n) is 7.39. The molecule has 0 aliphatic carbocycles. The van der Waals surface area contributed by atoms with E-state index in [1.54, 1.807) is 44.4 Å². The summed E-state index contributed by atoms with van der Waals surface area (Å²) in [7, 11) is 4.67. The molecule has 23 heavy (non-hydrogen) atoms. The van der Waals surface area contributed by atoms with Gasteiger partial charge < -0.3 is 24.4 Å². The number of carbonyl (C=O) groups is 2. The largest absolute Gasteiger partial charge is 0.497 e. The van der Waals surface area contributed by atoms with Gasteiger partial charge in [-0.3, -0.25) is 9.59 Å². The van der Waals surface area contributed by atoms with Gasteiger partial charge in [0.1, 0.15) is 11.5 Å². The standard InChI is InChI=1S/C16H22N2O5/c1-21-7-6-17-16(20)11-8-15(19)18(10-11)13-9-12(22-2)4-5-14(13)23-3/h4-5,9,11H,6-8,10H2,1-3H3,(H,17,20)/t11-/m1/s1. The summed E-state index contributed by atoms with van der Waals surface area (Å²) in [5.74, 6) is 0.569. The van der Waals surface area contributed by atoms with Crippen molar-refractivity contribution >= 4 is 17.5 Å². The van der Waals surface area contributed by atoms with Crippen molar-refractivity contribution in [3.8, 4) is 11.5 Å². The molecule has 0 saturated carbocycles. The Morgan fingerprint density at radius 2 is 2.09 bits per heavy atom. The zero-order valence-corrected chi connectivity index (χ0v) is 13.6. The molecule has 0 spiro atoms. The van der Waals surface area contributed by atoms with Crippen LogP contribution in [-0.2, 0) is 14.3 Å². The smallest absolute Gasteiger partial charge is 0.227 e. The van der Waals surface area contributed by atoms with Gasteiger partial charge in [-0.1, -0.05) is 0 Å². The van der Waals surface area contributed by atoms with Crippen molar-refractivity contribution in [3.05, 3.63) is 18.2 Å². The number of hydrogen-bond acceptors (Lipinski definition) is 5. The third-order valence-corrected chi connectivity index (χ3v) is 3.78. The van der Waals surface area contributed by atoms with E-state index in [2.05, 4.69) is 5.32 Å². The fraction of sp³-hybridized carbons (Fsp3) is 0.500. The lowest BCUT2D eigenvalue weighted by molar-refractivity contribution is -0.126. The Balaban J connectivity index is 2.12. The number of amides is 2. The SMILES string of the molecule is COCCNC(=O)[C@@H]1CC(=O)N(c2cc(OC)ccc2OC)C1. The van der Waals surface area contributed by atoms with Gasteiger partial charge in [-0.25, -0.2) is 0 Å². The van der Waals surface area contributed by atoms with Crippen LogP contribution < -0.4 is 19.7 Å². The average molecular weight is 322 g/mol. The Morgan fingerprint density at radius 3 is 2.74 bits per heavy atom.